The minimum atomic E-state index is -0.300. The third kappa shape index (κ3) is 4.30. The predicted molar refractivity (Wildman–Crippen MR) is 224 cm³/mol. The monoisotopic (exact) mass is 792 g/mol. The lowest BCUT2D eigenvalue weighted by atomic mass is 9.86. The first kappa shape index (κ1) is 34.3. The summed E-state index contributed by atoms with van der Waals surface area (Å²) < 4.78 is 2.57. The molecule has 4 aliphatic rings. The van der Waals surface area contributed by atoms with E-state index in [-0.39, 0.29) is 33.5 Å². The van der Waals surface area contributed by atoms with Crippen molar-refractivity contribution in [2.24, 2.45) is 0 Å². The number of nitriles is 4. The van der Waals surface area contributed by atoms with E-state index < -0.39 is 0 Å². The minimum absolute atomic E-state index is 0.0696. The Morgan fingerprint density at radius 2 is 0.893 bits per heavy atom. The van der Waals surface area contributed by atoms with Crippen LogP contribution in [0.15, 0.2) is 83.0 Å². The Labute approximate surface area is 337 Å². The summed E-state index contributed by atoms with van der Waals surface area (Å²) in [4.78, 5) is 34.0. The zero-order valence-electron chi connectivity index (χ0n) is 30.2. The number of carbonyl (C=O) groups is 2. The Bertz CT molecular complexity index is 2980. The van der Waals surface area contributed by atoms with Crippen LogP contribution >= 0.6 is 45.3 Å². The van der Waals surface area contributed by atoms with E-state index in [4.69, 9.17) is 0 Å². The molecule has 6 aromatic rings. The van der Waals surface area contributed by atoms with Crippen molar-refractivity contribution in [3.8, 4) is 45.2 Å². The van der Waals surface area contributed by atoms with E-state index in [0.717, 1.165) is 20.9 Å². The lowest BCUT2D eigenvalue weighted by Crippen LogP contribution is -2.14. The van der Waals surface area contributed by atoms with Gasteiger partial charge in [-0.3, -0.25) is 9.59 Å². The van der Waals surface area contributed by atoms with Crippen LogP contribution in [0.3, 0.4) is 0 Å². The first-order chi connectivity index (χ1) is 26.9. The molecule has 0 N–H and O–H groups in total. The topological polar surface area (TPSA) is 129 Å². The first-order valence-electron chi connectivity index (χ1n) is 17.6. The Kier molecular flexibility index (Phi) is 7.12. The van der Waals surface area contributed by atoms with E-state index in [9.17, 15) is 30.6 Å². The largest absolute Gasteiger partial charge is 0.289 e. The van der Waals surface area contributed by atoms with Gasteiger partial charge in [-0.15, -0.1) is 45.3 Å². The maximum absolute atomic E-state index is 13.7. The van der Waals surface area contributed by atoms with Gasteiger partial charge in [0.25, 0.3) is 0 Å². The summed E-state index contributed by atoms with van der Waals surface area (Å²) in [5.41, 5.74) is 8.01. The molecule has 0 amide bonds. The molecule has 4 aromatic heterocycles. The molecule has 0 saturated carbocycles. The number of Topliss-reactive ketones (excluding diaryl/α,β-unsaturated/α-hetero) is 2. The third-order valence-electron chi connectivity index (χ3n) is 11.3. The number of hydrogen-bond donors (Lipinski definition) is 0. The highest BCUT2D eigenvalue weighted by atomic mass is 32.1. The average Bonchev–Trinajstić information content (AvgIpc) is 4.05. The van der Waals surface area contributed by atoms with Gasteiger partial charge in [-0.2, -0.15) is 21.0 Å². The van der Waals surface area contributed by atoms with Gasteiger partial charge in [0.1, 0.15) is 35.4 Å². The summed E-state index contributed by atoms with van der Waals surface area (Å²) in [7, 11) is 0. The second-order valence-electron chi connectivity index (χ2n) is 15.1. The SMILES string of the molecule is CC1(C)c2sc(/C=C3\C(=O)c4ccccc4C3=C(C#N)C#N)cc2-c2sc3c4c(sc3c21)-c1cc(/C=C2\C(=O)c3ccccc3C2=C(C#N)C#N)sc1C4(C)C. The number of thiophene rings is 4. The molecular formula is C46H24N4O2S4. The van der Waals surface area contributed by atoms with Crippen LogP contribution < -0.4 is 0 Å². The van der Waals surface area contributed by atoms with Crippen LogP contribution in [-0.4, -0.2) is 11.6 Å². The number of carbonyl (C=O) groups excluding carboxylic acids is 2. The molecule has 10 rings (SSSR count). The molecule has 0 atom stereocenters. The zero-order chi connectivity index (χ0) is 39.0. The molecule has 0 saturated heterocycles. The minimum Gasteiger partial charge on any atom is -0.289 e. The van der Waals surface area contributed by atoms with Gasteiger partial charge < -0.3 is 0 Å². The first-order valence-corrected chi connectivity index (χ1v) is 20.9. The van der Waals surface area contributed by atoms with Gasteiger partial charge in [0, 0.05) is 84.6 Å². The lowest BCUT2D eigenvalue weighted by molar-refractivity contribution is 0.103. The summed E-state index contributed by atoms with van der Waals surface area (Å²) in [6, 6.07) is 26.6. The lowest BCUT2D eigenvalue weighted by Gasteiger charge is -2.20. The molecule has 0 unspecified atom stereocenters. The molecule has 0 aliphatic heterocycles. The van der Waals surface area contributed by atoms with E-state index in [1.165, 1.54) is 40.0 Å². The summed E-state index contributed by atoms with van der Waals surface area (Å²) in [6.45, 7) is 9.05. The van der Waals surface area contributed by atoms with Crippen LogP contribution in [0.2, 0.25) is 0 Å². The van der Waals surface area contributed by atoms with Crippen LogP contribution in [0.4, 0.5) is 0 Å². The molecule has 4 aliphatic carbocycles. The summed E-state index contributed by atoms with van der Waals surface area (Å²) in [6.07, 6.45) is 3.70. The number of fused-ring (bicyclic) bond motifs is 11. The van der Waals surface area contributed by atoms with Gasteiger partial charge >= 0.3 is 0 Å². The van der Waals surface area contributed by atoms with Gasteiger partial charge in [0.15, 0.2) is 11.6 Å². The van der Waals surface area contributed by atoms with Crippen molar-refractivity contribution < 1.29 is 9.59 Å². The number of benzene rings is 2. The molecule has 2 aromatic carbocycles. The van der Waals surface area contributed by atoms with Crippen molar-refractivity contribution in [2.75, 3.05) is 0 Å². The summed E-state index contributed by atoms with van der Waals surface area (Å²) in [5.74, 6) is -0.362. The van der Waals surface area contributed by atoms with E-state index in [0.29, 0.717) is 44.5 Å². The molecule has 264 valence electrons. The fourth-order valence-corrected chi connectivity index (χ4v) is 15.0. The fourth-order valence-electron chi connectivity index (χ4n) is 8.88. The molecule has 56 heavy (non-hydrogen) atoms. The molecule has 6 nitrogen and oxygen atoms in total. The van der Waals surface area contributed by atoms with E-state index in [2.05, 4.69) is 39.8 Å². The molecular weight excluding hydrogens is 769 g/mol. The maximum Gasteiger partial charge on any atom is 0.194 e. The number of allylic oxidation sites excluding steroid dienone is 6. The second kappa shape index (κ2) is 11.6. The quantitative estimate of drug-likeness (QED) is 0.127. The number of rotatable bonds is 2. The highest BCUT2D eigenvalue weighted by Crippen LogP contribution is 2.65. The molecule has 4 heterocycles. The highest BCUT2D eigenvalue weighted by molar-refractivity contribution is 7.32. The molecule has 0 fully saturated rings. The second-order valence-corrected chi connectivity index (χ2v) is 19.3. The average molecular weight is 793 g/mol. The smallest absolute Gasteiger partial charge is 0.194 e. The van der Waals surface area contributed by atoms with Crippen molar-refractivity contribution in [1.82, 2.24) is 0 Å². The van der Waals surface area contributed by atoms with Gasteiger partial charge in [0.2, 0.25) is 0 Å². The Morgan fingerprint density at radius 3 is 1.25 bits per heavy atom. The van der Waals surface area contributed by atoms with Gasteiger partial charge in [-0.25, -0.2) is 0 Å². The van der Waals surface area contributed by atoms with Crippen LogP contribution in [0.25, 0.3) is 53.6 Å². The van der Waals surface area contributed by atoms with Crippen LogP contribution in [0.1, 0.15) is 90.2 Å². The summed E-state index contributed by atoms with van der Waals surface area (Å²) >= 11 is 6.95. The van der Waals surface area contributed by atoms with Crippen molar-refractivity contribution >= 4 is 89.6 Å². The predicted octanol–water partition coefficient (Wildman–Crippen LogP) is 11.9. The van der Waals surface area contributed by atoms with E-state index in [1.54, 1.807) is 59.1 Å². The van der Waals surface area contributed by atoms with Crippen LogP contribution in [0, 0.1) is 45.3 Å². The van der Waals surface area contributed by atoms with E-state index >= 15 is 0 Å². The maximum atomic E-state index is 13.7. The highest BCUT2D eigenvalue weighted by Gasteiger charge is 2.47. The van der Waals surface area contributed by atoms with Crippen LogP contribution in [-0.2, 0) is 10.8 Å². The van der Waals surface area contributed by atoms with Crippen molar-refractivity contribution in [1.29, 1.82) is 21.0 Å². The van der Waals surface area contributed by atoms with Gasteiger partial charge in [-0.05, 0) is 46.5 Å². The molecule has 0 bridgehead atoms. The molecule has 10 heteroatoms. The Balaban J connectivity index is 1.07. The van der Waals surface area contributed by atoms with Crippen molar-refractivity contribution in [2.45, 2.75) is 38.5 Å². The van der Waals surface area contributed by atoms with Crippen molar-refractivity contribution in [3.63, 3.8) is 0 Å². The van der Waals surface area contributed by atoms with Gasteiger partial charge in [-0.1, -0.05) is 76.2 Å². The number of ketones is 2. The standard InChI is InChI=1S/C46H24N4O2S4/c1-45(2)35-39(31-15-23(53-43(31)45)13-29-33(21(17-47)18-48)25-9-5-7-11-27(25)37(29)51)55-42-36-40(56-41(35)42)32-16-24(54-44(32)46(36,3)4)14-30-34(22(19-49)20-50)26-10-6-8-12-28(26)38(30)52/h5-16H,1-4H3/b29-13-,30-14-. The van der Waals surface area contributed by atoms with Crippen molar-refractivity contribution in [3.05, 3.63) is 136 Å². The normalized spacial score (nSPS) is 17.6. The summed E-state index contributed by atoms with van der Waals surface area (Å²) in [5, 5.41) is 39.2. The fraction of sp³-hybridized carbons (Fsp3) is 0.130. The molecule has 0 spiro atoms. The van der Waals surface area contributed by atoms with Crippen LogP contribution in [0.5, 0.6) is 0 Å². The third-order valence-corrected chi connectivity index (χ3v) is 16.8. The van der Waals surface area contributed by atoms with E-state index in [1.807, 2.05) is 71.2 Å². The zero-order valence-corrected chi connectivity index (χ0v) is 33.4. The molecule has 0 radical (unpaired) electrons. The Hall–Kier alpha value is -6.24. The van der Waals surface area contributed by atoms with Gasteiger partial charge in [0.05, 0.1) is 9.40 Å². The number of nitrogens with zero attached hydrogens (tertiary/aromatic N) is 4. The Morgan fingerprint density at radius 1 is 0.536 bits per heavy atom. The number of hydrogen-bond acceptors (Lipinski definition) is 10.